The lowest BCUT2D eigenvalue weighted by atomic mass is 10.1. The zero-order valence-corrected chi connectivity index (χ0v) is 14.2. The van der Waals surface area contributed by atoms with Crippen molar-refractivity contribution in [2.75, 3.05) is 0 Å². The summed E-state index contributed by atoms with van der Waals surface area (Å²) < 4.78 is 2.36. The summed E-state index contributed by atoms with van der Waals surface area (Å²) in [5, 5.41) is 2.43. The van der Waals surface area contributed by atoms with E-state index in [9.17, 15) is 0 Å². The van der Waals surface area contributed by atoms with Crippen molar-refractivity contribution >= 4 is 21.9 Å². The first-order valence-electron chi connectivity index (χ1n) is 8.60. The van der Waals surface area contributed by atoms with Gasteiger partial charge in [-0.3, -0.25) is 0 Å². The van der Waals surface area contributed by atoms with Crippen molar-refractivity contribution in [3.8, 4) is 11.4 Å². The first-order chi connectivity index (χ1) is 11.8. The van der Waals surface area contributed by atoms with Crippen LogP contribution >= 0.6 is 0 Å². The number of hydrogen-bond donors (Lipinski definition) is 0. The minimum absolute atomic E-state index is 0.807. The number of aryl methyl sites for hydroxylation is 2. The average molecular weight is 315 g/mol. The third-order valence-corrected chi connectivity index (χ3v) is 4.56. The molecule has 0 N–H and O–H groups in total. The Balaban J connectivity index is 2.04. The molecule has 120 valence electrons. The lowest BCUT2D eigenvalue weighted by Crippen LogP contribution is -2.01. The summed E-state index contributed by atoms with van der Waals surface area (Å²) in [6, 6.07) is 18.8. The summed E-state index contributed by atoms with van der Waals surface area (Å²) in [5.41, 5.74) is 4.42. The van der Waals surface area contributed by atoms with Crippen molar-refractivity contribution in [1.29, 1.82) is 0 Å². The molecule has 0 bridgehead atoms. The molecule has 0 aliphatic heterocycles. The number of benzene rings is 2. The highest BCUT2D eigenvalue weighted by atomic mass is 15.1. The predicted molar refractivity (Wildman–Crippen MR) is 100 cm³/mol. The smallest absolute Gasteiger partial charge is 0.161 e. The summed E-state index contributed by atoms with van der Waals surface area (Å²) in [6.07, 6.45) is 2.32. The normalized spacial score (nSPS) is 11.4. The zero-order chi connectivity index (χ0) is 16.5. The average Bonchev–Trinajstić information content (AvgIpc) is 2.95. The maximum Gasteiger partial charge on any atom is 0.161 e. The number of aromatic nitrogens is 3. The molecule has 0 fully saturated rings. The van der Waals surface area contributed by atoms with Crippen LogP contribution in [0.1, 0.15) is 25.5 Å². The van der Waals surface area contributed by atoms with E-state index in [4.69, 9.17) is 9.97 Å². The highest BCUT2D eigenvalue weighted by Crippen LogP contribution is 2.31. The van der Waals surface area contributed by atoms with E-state index in [2.05, 4.69) is 54.8 Å². The second-order valence-corrected chi connectivity index (χ2v) is 6.22. The van der Waals surface area contributed by atoms with Gasteiger partial charge in [-0.15, -0.1) is 0 Å². The molecule has 0 spiro atoms. The van der Waals surface area contributed by atoms with Gasteiger partial charge in [0, 0.05) is 22.9 Å². The van der Waals surface area contributed by atoms with E-state index in [0.29, 0.717) is 0 Å². The van der Waals surface area contributed by atoms with Crippen molar-refractivity contribution in [2.24, 2.45) is 0 Å². The van der Waals surface area contributed by atoms with Crippen LogP contribution in [0.5, 0.6) is 0 Å². The molecular weight excluding hydrogens is 294 g/mol. The quantitative estimate of drug-likeness (QED) is 0.507. The first-order valence-corrected chi connectivity index (χ1v) is 8.60. The second-order valence-electron chi connectivity index (χ2n) is 6.22. The standard InChI is InChI=1S/C21H21N3/c1-3-4-14-24-18-13-9-8-12-17(18)19-15(2)22-20(23-21(19)24)16-10-6-5-7-11-16/h5-13H,3-4,14H2,1-2H3. The molecule has 24 heavy (non-hydrogen) atoms. The van der Waals surface area contributed by atoms with Crippen LogP contribution in [0.25, 0.3) is 33.3 Å². The molecule has 4 aromatic rings. The van der Waals surface area contributed by atoms with Crippen LogP contribution in [0.15, 0.2) is 54.6 Å². The van der Waals surface area contributed by atoms with Crippen molar-refractivity contribution in [3.63, 3.8) is 0 Å². The molecule has 3 nitrogen and oxygen atoms in total. The molecule has 0 atom stereocenters. The Morgan fingerprint density at radius 1 is 0.917 bits per heavy atom. The molecule has 3 heteroatoms. The van der Waals surface area contributed by atoms with Crippen LogP contribution in [0.3, 0.4) is 0 Å². The van der Waals surface area contributed by atoms with Gasteiger partial charge in [-0.1, -0.05) is 61.9 Å². The number of fused-ring (bicyclic) bond motifs is 3. The van der Waals surface area contributed by atoms with Gasteiger partial charge in [-0.2, -0.15) is 0 Å². The Kier molecular flexibility index (Phi) is 3.77. The molecule has 2 heterocycles. The lowest BCUT2D eigenvalue weighted by Gasteiger charge is -2.07. The summed E-state index contributed by atoms with van der Waals surface area (Å²) >= 11 is 0. The molecular formula is C21H21N3. The topological polar surface area (TPSA) is 30.7 Å². The molecule has 0 amide bonds. The summed E-state index contributed by atoms with van der Waals surface area (Å²) in [7, 11) is 0. The molecule has 4 rings (SSSR count). The van der Waals surface area contributed by atoms with E-state index in [1.54, 1.807) is 0 Å². The SMILES string of the molecule is CCCCn1c2ccccc2c2c(C)nc(-c3ccccc3)nc21. The van der Waals surface area contributed by atoms with Gasteiger partial charge < -0.3 is 4.57 Å². The van der Waals surface area contributed by atoms with E-state index in [1.165, 1.54) is 22.7 Å². The summed E-state index contributed by atoms with van der Waals surface area (Å²) in [6.45, 7) is 5.31. The summed E-state index contributed by atoms with van der Waals surface area (Å²) in [5.74, 6) is 0.807. The van der Waals surface area contributed by atoms with Gasteiger partial charge in [-0.05, 0) is 19.4 Å². The number of para-hydroxylation sites is 1. The molecule has 0 unspecified atom stereocenters. The van der Waals surface area contributed by atoms with Crippen LogP contribution in [0.4, 0.5) is 0 Å². The van der Waals surface area contributed by atoms with Crippen molar-refractivity contribution in [1.82, 2.24) is 14.5 Å². The fourth-order valence-corrected chi connectivity index (χ4v) is 3.36. The Morgan fingerprint density at radius 2 is 1.67 bits per heavy atom. The third-order valence-electron chi connectivity index (χ3n) is 4.56. The molecule has 0 aliphatic carbocycles. The highest BCUT2D eigenvalue weighted by Gasteiger charge is 2.16. The maximum atomic E-state index is 4.95. The predicted octanol–water partition coefficient (Wildman–Crippen LogP) is 5.36. The monoisotopic (exact) mass is 315 g/mol. The Labute approximate surface area is 142 Å². The minimum atomic E-state index is 0.807. The van der Waals surface area contributed by atoms with Gasteiger partial charge in [0.15, 0.2) is 5.82 Å². The fourth-order valence-electron chi connectivity index (χ4n) is 3.36. The van der Waals surface area contributed by atoms with Gasteiger partial charge in [0.1, 0.15) is 5.65 Å². The van der Waals surface area contributed by atoms with Crippen molar-refractivity contribution < 1.29 is 0 Å². The number of nitrogens with zero attached hydrogens (tertiary/aromatic N) is 3. The number of unbranched alkanes of at least 4 members (excludes halogenated alkanes) is 1. The highest BCUT2D eigenvalue weighted by molar-refractivity contribution is 6.08. The Bertz CT molecular complexity index is 1000. The van der Waals surface area contributed by atoms with Crippen LogP contribution in [-0.2, 0) is 6.54 Å². The lowest BCUT2D eigenvalue weighted by molar-refractivity contribution is 0.660. The third kappa shape index (κ3) is 2.37. The summed E-state index contributed by atoms with van der Waals surface area (Å²) in [4.78, 5) is 9.74. The van der Waals surface area contributed by atoms with Gasteiger partial charge in [0.05, 0.1) is 11.2 Å². The van der Waals surface area contributed by atoms with Crippen LogP contribution < -0.4 is 0 Å². The van der Waals surface area contributed by atoms with Crippen LogP contribution in [-0.4, -0.2) is 14.5 Å². The zero-order valence-electron chi connectivity index (χ0n) is 14.2. The van der Waals surface area contributed by atoms with E-state index >= 15 is 0 Å². The molecule has 0 saturated heterocycles. The molecule has 2 aromatic heterocycles. The minimum Gasteiger partial charge on any atom is -0.325 e. The van der Waals surface area contributed by atoms with Crippen molar-refractivity contribution in [3.05, 3.63) is 60.3 Å². The van der Waals surface area contributed by atoms with Gasteiger partial charge in [0.25, 0.3) is 0 Å². The number of hydrogen-bond acceptors (Lipinski definition) is 2. The number of rotatable bonds is 4. The van der Waals surface area contributed by atoms with Gasteiger partial charge >= 0.3 is 0 Å². The van der Waals surface area contributed by atoms with Gasteiger partial charge in [0.2, 0.25) is 0 Å². The molecule has 2 aromatic carbocycles. The van der Waals surface area contributed by atoms with E-state index in [0.717, 1.165) is 35.7 Å². The second kappa shape index (κ2) is 6.08. The first kappa shape index (κ1) is 14.9. The molecule has 0 aliphatic rings. The largest absolute Gasteiger partial charge is 0.325 e. The van der Waals surface area contributed by atoms with E-state index in [1.807, 2.05) is 18.2 Å². The Morgan fingerprint density at radius 3 is 2.46 bits per heavy atom. The van der Waals surface area contributed by atoms with E-state index < -0.39 is 0 Å². The molecule has 0 saturated carbocycles. The van der Waals surface area contributed by atoms with Crippen LogP contribution in [0.2, 0.25) is 0 Å². The van der Waals surface area contributed by atoms with Crippen LogP contribution in [0, 0.1) is 6.92 Å². The van der Waals surface area contributed by atoms with Crippen molar-refractivity contribution in [2.45, 2.75) is 33.2 Å². The maximum absolute atomic E-state index is 4.95. The fraction of sp³-hybridized carbons (Fsp3) is 0.238. The van der Waals surface area contributed by atoms with Gasteiger partial charge in [-0.25, -0.2) is 9.97 Å². The molecule has 0 radical (unpaired) electrons. The van der Waals surface area contributed by atoms with E-state index in [-0.39, 0.29) is 0 Å². The Hall–Kier alpha value is -2.68.